The van der Waals surface area contributed by atoms with Gasteiger partial charge in [-0.2, -0.15) is 0 Å². The fourth-order valence-corrected chi connectivity index (χ4v) is 0.922. The Kier molecular flexibility index (Phi) is 3.05. The third-order valence-electron chi connectivity index (χ3n) is 1.31. The van der Waals surface area contributed by atoms with Crippen LogP contribution >= 0.6 is 11.6 Å². The van der Waals surface area contributed by atoms with Gasteiger partial charge in [-0.05, 0) is 18.2 Å². The minimum Gasteiger partial charge on any atom is -0.307 e. The first-order chi connectivity index (χ1) is 6.13. The number of nitrogens with one attached hydrogen (secondary N) is 2. The zero-order chi connectivity index (χ0) is 9.84. The second-order valence-electron chi connectivity index (χ2n) is 2.23. The summed E-state index contributed by atoms with van der Waals surface area (Å²) in [6.45, 7) is 0. The van der Waals surface area contributed by atoms with Crippen molar-refractivity contribution in [1.82, 2.24) is 5.43 Å². The molecule has 0 saturated heterocycles. The molecule has 0 bridgehead atoms. The van der Waals surface area contributed by atoms with Crippen molar-refractivity contribution in [3.05, 3.63) is 29.0 Å². The lowest BCUT2D eigenvalue weighted by Gasteiger charge is -2.04. The molecule has 1 rings (SSSR count). The van der Waals surface area contributed by atoms with E-state index in [-0.39, 0.29) is 5.02 Å². The number of rotatable bonds is 1. The summed E-state index contributed by atoms with van der Waals surface area (Å²) in [4.78, 5) is 10.7. The lowest BCUT2D eigenvalue weighted by Crippen LogP contribution is -2.34. The molecule has 4 nitrogen and oxygen atoms in total. The first kappa shape index (κ1) is 9.76. The van der Waals surface area contributed by atoms with Gasteiger partial charge in [-0.25, -0.2) is 15.0 Å². The average Bonchev–Trinajstić information content (AvgIpc) is 2.11. The van der Waals surface area contributed by atoms with Crippen LogP contribution in [0.15, 0.2) is 18.2 Å². The normalized spacial score (nSPS) is 9.46. The van der Waals surface area contributed by atoms with E-state index >= 15 is 0 Å². The standard InChI is InChI=1S/C7H7ClFN3O/c8-5-3-4(1-2-6(5)9)11-7(13)12-10/h1-3H,10H2,(H2,11,12,13). The quantitative estimate of drug-likeness (QED) is 0.368. The smallest absolute Gasteiger partial charge is 0.307 e. The summed E-state index contributed by atoms with van der Waals surface area (Å²) in [7, 11) is 0. The largest absolute Gasteiger partial charge is 0.333 e. The molecule has 0 unspecified atom stereocenters. The third kappa shape index (κ3) is 2.57. The van der Waals surface area contributed by atoms with Gasteiger partial charge in [0.05, 0.1) is 5.02 Å². The minimum atomic E-state index is -0.595. The van der Waals surface area contributed by atoms with Crippen molar-refractivity contribution in [3.63, 3.8) is 0 Å². The second kappa shape index (κ2) is 4.06. The summed E-state index contributed by atoms with van der Waals surface area (Å²) < 4.78 is 12.6. The maximum Gasteiger partial charge on any atom is 0.333 e. The van der Waals surface area contributed by atoms with Crippen LogP contribution in [0.4, 0.5) is 14.9 Å². The second-order valence-corrected chi connectivity index (χ2v) is 2.63. The molecule has 0 heterocycles. The fraction of sp³-hybridized carbons (Fsp3) is 0. The number of amides is 2. The van der Waals surface area contributed by atoms with Crippen molar-refractivity contribution in [3.8, 4) is 0 Å². The minimum absolute atomic E-state index is 0.0604. The number of hydrogen-bond acceptors (Lipinski definition) is 2. The van der Waals surface area contributed by atoms with E-state index in [4.69, 9.17) is 17.4 Å². The summed E-state index contributed by atoms with van der Waals surface area (Å²) in [6.07, 6.45) is 0. The molecule has 1 aromatic carbocycles. The number of carbonyl (C=O) groups is 1. The van der Waals surface area contributed by atoms with E-state index < -0.39 is 11.8 Å². The molecule has 0 aliphatic rings. The molecule has 4 N–H and O–H groups in total. The molecule has 6 heteroatoms. The van der Waals surface area contributed by atoms with Crippen LogP contribution in [0, 0.1) is 5.82 Å². The molecule has 0 aliphatic heterocycles. The summed E-state index contributed by atoms with van der Waals surface area (Å²) in [5, 5.41) is 2.27. The van der Waals surface area contributed by atoms with Crippen molar-refractivity contribution < 1.29 is 9.18 Å². The maximum atomic E-state index is 12.6. The number of halogens is 2. The highest BCUT2D eigenvalue weighted by molar-refractivity contribution is 6.31. The van der Waals surface area contributed by atoms with Gasteiger partial charge in [0.25, 0.3) is 0 Å². The van der Waals surface area contributed by atoms with Crippen LogP contribution in [-0.2, 0) is 0 Å². The van der Waals surface area contributed by atoms with Gasteiger partial charge in [0, 0.05) is 5.69 Å². The van der Waals surface area contributed by atoms with E-state index in [0.29, 0.717) is 5.69 Å². The predicted octanol–water partition coefficient (Wildman–Crippen LogP) is 1.47. The summed E-state index contributed by atoms with van der Waals surface area (Å²) >= 11 is 5.46. The number of urea groups is 1. The molecular formula is C7H7ClFN3O. The summed E-state index contributed by atoms with van der Waals surface area (Å²) in [5.41, 5.74) is 2.23. The van der Waals surface area contributed by atoms with Crippen LogP contribution in [0.2, 0.25) is 5.02 Å². The zero-order valence-electron chi connectivity index (χ0n) is 6.47. The molecule has 0 atom stereocenters. The molecule has 0 spiro atoms. The Bertz CT molecular complexity index is 332. The van der Waals surface area contributed by atoms with Crippen LogP contribution in [0.3, 0.4) is 0 Å². The lowest BCUT2D eigenvalue weighted by molar-refractivity contribution is 0.252. The van der Waals surface area contributed by atoms with Crippen molar-refractivity contribution in [2.75, 3.05) is 5.32 Å². The number of hydrazine groups is 1. The summed E-state index contributed by atoms with van der Waals surface area (Å²) in [6, 6.07) is 3.21. The van der Waals surface area contributed by atoms with Gasteiger partial charge >= 0.3 is 6.03 Å². The van der Waals surface area contributed by atoms with E-state index in [9.17, 15) is 9.18 Å². The molecule has 13 heavy (non-hydrogen) atoms. The number of hydrogen-bond donors (Lipinski definition) is 3. The van der Waals surface area contributed by atoms with Crippen molar-refractivity contribution in [2.45, 2.75) is 0 Å². The fourth-order valence-electron chi connectivity index (χ4n) is 0.741. The van der Waals surface area contributed by atoms with Gasteiger partial charge in [0.1, 0.15) is 5.82 Å². The topological polar surface area (TPSA) is 67.1 Å². The first-order valence-electron chi connectivity index (χ1n) is 3.36. The highest BCUT2D eigenvalue weighted by atomic mass is 35.5. The highest BCUT2D eigenvalue weighted by Gasteiger charge is 2.02. The summed E-state index contributed by atoms with van der Waals surface area (Å²) in [5.74, 6) is 4.28. The van der Waals surface area contributed by atoms with Gasteiger partial charge in [-0.15, -0.1) is 0 Å². The van der Waals surface area contributed by atoms with Crippen LogP contribution in [0.5, 0.6) is 0 Å². The molecule has 0 saturated carbocycles. The van der Waals surface area contributed by atoms with Gasteiger partial charge in [0.15, 0.2) is 0 Å². The van der Waals surface area contributed by atoms with Gasteiger partial charge in [-0.3, -0.25) is 5.43 Å². The number of nitrogens with two attached hydrogens (primary N) is 1. The number of benzene rings is 1. The Balaban J connectivity index is 2.79. The van der Waals surface area contributed by atoms with E-state index in [1.807, 2.05) is 5.43 Å². The van der Waals surface area contributed by atoms with Gasteiger partial charge < -0.3 is 5.32 Å². The Morgan fingerprint density at radius 1 is 1.54 bits per heavy atom. The van der Waals surface area contributed by atoms with E-state index in [1.165, 1.54) is 12.1 Å². The molecule has 1 aromatic rings. The van der Waals surface area contributed by atoms with Gasteiger partial charge in [-0.1, -0.05) is 11.6 Å². The van der Waals surface area contributed by atoms with Crippen LogP contribution in [0.25, 0.3) is 0 Å². The van der Waals surface area contributed by atoms with Crippen molar-refractivity contribution in [2.24, 2.45) is 5.84 Å². The van der Waals surface area contributed by atoms with E-state index in [0.717, 1.165) is 6.07 Å². The maximum absolute atomic E-state index is 12.6. The monoisotopic (exact) mass is 203 g/mol. The zero-order valence-corrected chi connectivity index (χ0v) is 7.23. The number of anilines is 1. The van der Waals surface area contributed by atoms with E-state index in [2.05, 4.69) is 5.32 Å². The van der Waals surface area contributed by atoms with Crippen molar-refractivity contribution in [1.29, 1.82) is 0 Å². The van der Waals surface area contributed by atoms with E-state index in [1.54, 1.807) is 0 Å². The molecule has 0 radical (unpaired) electrons. The SMILES string of the molecule is NNC(=O)Nc1ccc(F)c(Cl)c1. The Morgan fingerprint density at radius 3 is 2.77 bits per heavy atom. The molecule has 0 fully saturated rings. The highest BCUT2D eigenvalue weighted by Crippen LogP contribution is 2.18. The Labute approximate surface area is 78.8 Å². The molecule has 0 aliphatic carbocycles. The van der Waals surface area contributed by atoms with Crippen LogP contribution in [-0.4, -0.2) is 6.03 Å². The Hall–Kier alpha value is -1.33. The molecule has 70 valence electrons. The Morgan fingerprint density at radius 2 is 2.23 bits per heavy atom. The van der Waals surface area contributed by atoms with Crippen LogP contribution in [0.1, 0.15) is 0 Å². The van der Waals surface area contributed by atoms with Gasteiger partial charge in [0.2, 0.25) is 0 Å². The van der Waals surface area contributed by atoms with Crippen LogP contribution < -0.4 is 16.6 Å². The molecule has 0 aromatic heterocycles. The lowest BCUT2D eigenvalue weighted by atomic mass is 10.3. The average molecular weight is 204 g/mol. The molecule has 2 amide bonds. The van der Waals surface area contributed by atoms with Crippen molar-refractivity contribution >= 4 is 23.3 Å². The first-order valence-corrected chi connectivity index (χ1v) is 3.74. The number of carbonyl (C=O) groups excluding carboxylic acids is 1. The molecular weight excluding hydrogens is 197 g/mol. The third-order valence-corrected chi connectivity index (χ3v) is 1.60. The predicted molar refractivity (Wildman–Crippen MR) is 47.8 cm³/mol.